The molecule has 1 aromatic heterocycles. The molecule has 26 heavy (non-hydrogen) atoms. The van der Waals surface area contributed by atoms with Gasteiger partial charge < -0.3 is 5.32 Å². The molecule has 1 aromatic carbocycles. The van der Waals surface area contributed by atoms with E-state index < -0.39 is 0 Å². The number of amides is 1. The van der Waals surface area contributed by atoms with E-state index in [0.29, 0.717) is 12.2 Å². The van der Waals surface area contributed by atoms with E-state index in [4.69, 9.17) is 0 Å². The van der Waals surface area contributed by atoms with Gasteiger partial charge in [0, 0.05) is 26.2 Å². The Morgan fingerprint density at radius 1 is 1.35 bits per heavy atom. The predicted octanol–water partition coefficient (Wildman–Crippen LogP) is 2.48. The van der Waals surface area contributed by atoms with Crippen molar-refractivity contribution in [3.8, 4) is 5.69 Å². The van der Waals surface area contributed by atoms with Crippen molar-refractivity contribution in [1.82, 2.24) is 25.2 Å². The molecule has 4 rings (SSSR count). The van der Waals surface area contributed by atoms with Crippen LogP contribution in [-0.2, 0) is 13.0 Å². The summed E-state index contributed by atoms with van der Waals surface area (Å²) in [6.07, 6.45) is 4.71. The number of carbonyl (C=O) groups is 1. The van der Waals surface area contributed by atoms with Gasteiger partial charge in [0.2, 0.25) is 0 Å². The first kappa shape index (κ1) is 17.2. The zero-order chi connectivity index (χ0) is 18.1. The molecule has 2 heterocycles. The fourth-order valence-corrected chi connectivity index (χ4v) is 3.76. The van der Waals surface area contributed by atoms with Crippen molar-refractivity contribution in [2.24, 2.45) is 5.92 Å². The lowest BCUT2D eigenvalue weighted by atomic mass is 9.97. The third-order valence-corrected chi connectivity index (χ3v) is 5.41. The molecule has 1 N–H and O–H groups in total. The molecule has 0 atom stereocenters. The highest BCUT2D eigenvalue weighted by Crippen LogP contribution is 2.32. The standard InChI is InChI=1S/C20H27N5O/c1-3-10-21-20(26)19-14(2)25(23-22-19)18-6-4-5-16-13-24(11-9-17(16)18)12-15-7-8-15/h4-6,15H,3,7-13H2,1-2H3,(H,21,26). The molecule has 2 aliphatic rings. The quantitative estimate of drug-likeness (QED) is 0.867. The molecule has 1 aliphatic heterocycles. The van der Waals surface area contributed by atoms with Gasteiger partial charge in [-0.2, -0.15) is 0 Å². The van der Waals surface area contributed by atoms with Crippen LogP contribution in [-0.4, -0.2) is 45.4 Å². The second kappa shape index (κ2) is 7.19. The largest absolute Gasteiger partial charge is 0.351 e. The Labute approximate surface area is 154 Å². The average molecular weight is 353 g/mol. The SMILES string of the molecule is CCCNC(=O)c1nnn(-c2cccc3c2CCN(CC2CC2)C3)c1C. The van der Waals surface area contributed by atoms with Crippen LogP contribution in [0, 0.1) is 12.8 Å². The molecule has 138 valence electrons. The molecule has 1 saturated carbocycles. The van der Waals surface area contributed by atoms with Crippen LogP contribution in [0.4, 0.5) is 0 Å². The predicted molar refractivity (Wildman–Crippen MR) is 100 cm³/mol. The van der Waals surface area contributed by atoms with Crippen LogP contribution < -0.4 is 5.32 Å². The van der Waals surface area contributed by atoms with E-state index >= 15 is 0 Å². The van der Waals surface area contributed by atoms with Crippen molar-refractivity contribution in [3.05, 3.63) is 40.7 Å². The van der Waals surface area contributed by atoms with Gasteiger partial charge in [0.05, 0.1) is 11.4 Å². The fraction of sp³-hybridized carbons (Fsp3) is 0.550. The van der Waals surface area contributed by atoms with Gasteiger partial charge in [0.15, 0.2) is 5.69 Å². The first-order valence-electron chi connectivity index (χ1n) is 9.71. The summed E-state index contributed by atoms with van der Waals surface area (Å²) >= 11 is 0. The van der Waals surface area contributed by atoms with Gasteiger partial charge >= 0.3 is 0 Å². The van der Waals surface area contributed by atoms with E-state index in [0.717, 1.165) is 43.2 Å². The zero-order valence-corrected chi connectivity index (χ0v) is 15.7. The Bertz CT molecular complexity index is 809. The summed E-state index contributed by atoms with van der Waals surface area (Å²) < 4.78 is 1.83. The Morgan fingerprint density at radius 3 is 2.96 bits per heavy atom. The number of aromatic nitrogens is 3. The molecule has 1 amide bonds. The average Bonchev–Trinajstić information content (AvgIpc) is 3.38. The number of carbonyl (C=O) groups excluding carboxylic acids is 1. The first-order valence-corrected chi connectivity index (χ1v) is 9.71. The van der Waals surface area contributed by atoms with Gasteiger partial charge in [-0.15, -0.1) is 5.10 Å². The van der Waals surface area contributed by atoms with Crippen molar-refractivity contribution in [2.45, 2.75) is 46.1 Å². The minimum absolute atomic E-state index is 0.143. The maximum atomic E-state index is 12.3. The second-order valence-corrected chi connectivity index (χ2v) is 7.53. The molecule has 2 aromatic rings. The van der Waals surface area contributed by atoms with Gasteiger partial charge in [-0.1, -0.05) is 24.3 Å². The molecule has 0 saturated heterocycles. The number of fused-ring (bicyclic) bond motifs is 1. The van der Waals surface area contributed by atoms with Gasteiger partial charge in [-0.05, 0) is 55.7 Å². The van der Waals surface area contributed by atoms with E-state index in [1.807, 2.05) is 18.5 Å². The molecule has 0 unspecified atom stereocenters. The summed E-state index contributed by atoms with van der Waals surface area (Å²) in [6.45, 7) is 7.95. The second-order valence-electron chi connectivity index (χ2n) is 7.53. The molecule has 6 heteroatoms. The fourth-order valence-electron chi connectivity index (χ4n) is 3.76. The number of benzene rings is 1. The summed E-state index contributed by atoms with van der Waals surface area (Å²) in [6, 6.07) is 6.40. The number of nitrogens with zero attached hydrogens (tertiary/aromatic N) is 4. The monoisotopic (exact) mass is 353 g/mol. The molecule has 0 bridgehead atoms. The van der Waals surface area contributed by atoms with Crippen molar-refractivity contribution in [2.75, 3.05) is 19.6 Å². The number of hydrogen-bond donors (Lipinski definition) is 1. The topological polar surface area (TPSA) is 63.1 Å². The maximum Gasteiger partial charge on any atom is 0.273 e. The van der Waals surface area contributed by atoms with Crippen LogP contribution in [0.5, 0.6) is 0 Å². The third kappa shape index (κ3) is 3.38. The van der Waals surface area contributed by atoms with E-state index in [9.17, 15) is 4.79 Å². The summed E-state index contributed by atoms with van der Waals surface area (Å²) in [5.41, 5.74) is 5.00. The molecule has 0 radical (unpaired) electrons. The molecular weight excluding hydrogens is 326 g/mol. The van der Waals surface area contributed by atoms with Gasteiger partial charge in [0.1, 0.15) is 0 Å². The summed E-state index contributed by atoms with van der Waals surface area (Å²) in [7, 11) is 0. The van der Waals surface area contributed by atoms with Crippen molar-refractivity contribution in [3.63, 3.8) is 0 Å². The van der Waals surface area contributed by atoms with Gasteiger partial charge in [0.25, 0.3) is 5.91 Å². The van der Waals surface area contributed by atoms with Crippen LogP contribution in [0.3, 0.4) is 0 Å². The van der Waals surface area contributed by atoms with Crippen molar-refractivity contribution in [1.29, 1.82) is 0 Å². The Balaban J connectivity index is 1.59. The van der Waals surface area contributed by atoms with Crippen LogP contribution in [0.25, 0.3) is 5.69 Å². The number of rotatable bonds is 6. The van der Waals surface area contributed by atoms with E-state index in [2.05, 4.69) is 38.7 Å². The number of nitrogens with one attached hydrogen (secondary N) is 1. The van der Waals surface area contributed by atoms with Crippen LogP contribution in [0.2, 0.25) is 0 Å². The Hall–Kier alpha value is -2.21. The van der Waals surface area contributed by atoms with Crippen LogP contribution >= 0.6 is 0 Å². The normalized spacial score (nSPS) is 17.2. The zero-order valence-electron chi connectivity index (χ0n) is 15.7. The third-order valence-electron chi connectivity index (χ3n) is 5.41. The van der Waals surface area contributed by atoms with Crippen LogP contribution in [0.1, 0.15) is 53.5 Å². The highest BCUT2D eigenvalue weighted by Gasteiger charge is 2.27. The molecule has 1 fully saturated rings. The highest BCUT2D eigenvalue weighted by molar-refractivity contribution is 5.93. The molecule has 0 spiro atoms. The maximum absolute atomic E-state index is 12.3. The van der Waals surface area contributed by atoms with Crippen molar-refractivity contribution >= 4 is 5.91 Å². The highest BCUT2D eigenvalue weighted by atomic mass is 16.2. The number of hydrogen-bond acceptors (Lipinski definition) is 4. The summed E-state index contributed by atoms with van der Waals surface area (Å²) in [5, 5.41) is 11.3. The minimum Gasteiger partial charge on any atom is -0.351 e. The summed E-state index contributed by atoms with van der Waals surface area (Å²) in [5.74, 6) is 0.775. The smallest absolute Gasteiger partial charge is 0.273 e. The Kier molecular flexibility index (Phi) is 4.76. The van der Waals surface area contributed by atoms with Gasteiger partial charge in [-0.3, -0.25) is 9.69 Å². The lowest BCUT2D eigenvalue weighted by Gasteiger charge is -2.30. The lowest BCUT2D eigenvalue weighted by Crippen LogP contribution is -2.32. The van der Waals surface area contributed by atoms with Gasteiger partial charge in [-0.25, -0.2) is 4.68 Å². The van der Waals surface area contributed by atoms with Crippen LogP contribution in [0.15, 0.2) is 18.2 Å². The van der Waals surface area contributed by atoms with E-state index in [1.54, 1.807) is 0 Å². The Morgan fingerprint density at radius 2 is 2.19 bits per heavy atom. The minimum atomic E-state index is -0.143. The van der Waals surface area contributed by atoms with E-state index in [1.165, 1.54) is 30.5 Å². The molecule has 1 aliphatic carbocycles. The molecule has 6 nitrogen and oxygen atoms in total. The molecular formula is C20H27N5O. The van der Waals surface area contributed by atoms with Crippen molar-refractivity contribution < 1.29 is 4.79 Å². The summed E-state index contributed by atoms with van der Waals surface area (Å²) in [4.78, 5) is 14.8. The van der Waals surface area contributed by atoms with E-state index in [-0.39, 0.29) is 5.91 Å². The first-order chi connectivity index (χ1) is 12.7. The lowest BCUT2D eigenvalue weighted by molar-refractivity contribution is 0.0948.